The molecule has 6 rings (SSSR count). The van der Waals surface area contributed by atoms with Gasteiger partial charge in [0.2, 0.25) is 5.90 Å². The van der Waals surface area contributed by atoms with Crippen molar-refractivity contribution in [3.05, 3.63) is 88.4 Å². The number of carbonyl (C=O) groups is 1. The van der Waals surface area contributed by atoms with Gasteiger partial charge in [-0.25, -0.2) is 22.6 Å². The lowest BCUT2D eigenvalue weighted by Crippen LogP contribution is -2.56. The summed E-state index contributed by atoms with van der Waals surface area (Å²) >= 11 is 6.41. The Hall–Kier alpha value is -4.65. The summed E-state index contributed by atoms with van der Waals surface area (Å²) in [5, 5.41) is 20.3. The van der Waals surface area contributed by atoms with Gasteiger partial charge in [-0.15, -0.1) is 0 Å². The molecular weight excluding hydrogens is 660 g/mol. The van der Waals surface area contributed by atoms with E-state index in [1.165, 1.54) is 17.0 Å². The second kappa shape index (κ2) is 14.1. The first-order valence-electron chi connectivity index (χ1n) is 15.9. The zero-order chi connectivity index (χ0) is 35.0. The van der Waals surface area contributed by atoms with Crippen LogP contribution in [0, 0.1) is 34.4 Å². The Kier molecular flexibility index (Phi) is 9.82. The van der Waals surface area contributed by atoms with Crippen molar-refractivity contribution in [3.8, 4) is 12.1 Å². The van der Waals surface area contributed by atoms with Gasteiger partial charge in [-0.2, -0.15) is 10.5 Å². The summed E-state index contributed by atoms with van der Waals surface area (Å²) in [7, 11) is 1.80. The first-order chi connectivity index (χ1) is 23.5. The fourth-order valence-corrected chi connectivity index (χ4v) is 7.54. The van der Waals surface area contributed by atoms with E-state index in [9.17, 15) is 28.5 Å². The van der Waals surface area contributed by atoms with Crippen molar-refractivity contribution < 1.29 is 27.1 Å². The summed E-state index contributed by atoms with van der Waals surface area (Å²) < 4.78 is 65.4. The minimum Gasteiger partial charge on any atom is -0.476 e. The maximum absolute atomic E-state index is 16.4. The normalized spacial score (nSPS) is 25.6. The molecule has 0 saturated carbocycles. The van der Waals surface area contributed by atoms with E-state index in [-0.39, 0.29) is 74.6 Å². The van der Waals surface area contributed by atoms with Gasteiger partial charge in [-0.1, -0.05) is 42.4 Å². The van der Waals surface area contributed by atoms with Crippen LogP contribution in [0.5, 0.6) is 0 Å². The molecule has 5 atom stereocenters. The molecule has 254 valence electrons. The molecule has 13 heteroatoms. The predicted molar refractivity (Wildman–Crippen MR) is 177 cm³/mol. The summed E-state index contributed by atoms with van der Waals surface area (Å²) in [6.07, 6.45) is 2.03. The van der Waals surface area contributed by atoms with Gasteiger partial charge in [-0.3, -0.25) is 9.69 Å². The maximum atomic E-state index is 16.4. The molecule has 2 aromatic rings. The van der Waals surface area contributed by atoms with Crippen molar-refractivity contribution in [1.29, 1.82) is 10.5 Å². The van der Waals surface area contributed by atoms with E-state index in [1.54, 1.807) is 37.4 Å². The summed E-state index contributed by atoms with van der Waals surface area (Å²) in [6, 6.07) is 10.4. The molecule has 0 spiro atoms. The van der Waals surface area contributed by atoms with Gasteiger partial charge in [0.25, 0.3) is 5.91 Å². The summed E-state index contributed by atoms with van der Waals surface area (Å²) in [4.78, 5) is 22.5. The second-order valence-corrected chi connectivity index (χ2v) is 13.0. The van der Waals surface area contributed by atoms with Gasteiger partial charge in [0.05, 0.1) is 42.1 Å². The number of allylic oxidation sites excluding steroid dienone is 2. The molecule has 3 unspecified atom stereocenters. The number of hydrogen-bond donors (Lipinski definition) is 0. The van der Waals surface area contributed by atoms with E-state index < -0.39 is 47.6 Å². The van der Waals surface area contributed by atoms with E-state index >= 15 is 4.39 Å². The molecule has 4 aliphatic rings. The van der Waals surface area contributed by atoms with Crippen LogP contribution in [-0.4, -0.2) is 90.6 Å². The highest BCUT2D eigenvalue weighted by Gasteiger charge is 2.42. The highest BCUT2D eigenvalue weighted by molar-refractivity contribution is 6.36. The molecule has 3 heterocycles. The molecule has 2 saturated heterocycles. The molecule has 1 amide bonds. The number of benzene rings is 2. The quantitative estimate of drug-likeness (QED) is 0.246. The number of alkyl halides is 1. The number of likely N-dealkylation sites (N-methyl/N-ethyl adjacent to an activating group) is 1. The molecular formula is C36H33ClF4N6O2. The van der Waals surface area contributed by atoms with Crippen molar-refractivity contribution in [3.63, 3.8) is 0 Å². The first-order valence-corrected chi connectivity index (χ1v) is 16.3. The standard InChI is InChI=1S/C36H33ClF4N6O2/c1-20(38)36(48)47-13-12-46(18-23(47)8-10-42)34-26(9-11-43)35(49-19-24-14-22(39)17-45(24)2)44-31-16-27(30(41)15-28(31)34)25-5-3-4-21-6-7-29(40)33(37)32(21)25/h3-7,15-16,22-24,28,31H,1,8-9,12-14,17-19H2,2H3/t22-,23?,24+,28?,31?/m1/s1. The number of likely N-dealkylation sites (tertiary alicyclic amines) is 1. The SMILES string of the molecule is C=C(F)C(=O)N1CCN(C2=C(CC#N)C(OC[C@@H]3C[C@@H](F)CN3C)=NC3C=C(c4cccc5ccc(F)c(Cl)c45)C(F)=CC23)CC1CC#N. The number of halogens is 5. The van der Waals surface area contributed by atoms with Crippen LogP contribution in [-0.2, 0) is 9.53 Å². The summed E-state index contributed by atoms with van der Waals surface area (Å²) in [5.74, 6) is -3.89. The zero-order valence-electron chi connectivity index (χ0n) is 26.7. The van der Waals surface area contributed by atoms with Crippen molar-refractivity contribution >= 4 is 39.8 Å². The van der Waals surface area contributed by atoms with Crippen LogP contribution in [0.25, 0.3) is 16.3 Å². The molecule has 0 aromatic heterocycles. The molecule has 2 fully saturated rings. The third-order valence-electron chi connectivity index (χ3n) is 9.61. The Bertz CT molecular complexity index is 1910. The lowest BCUT2D eigenvalue weighted by atomic mass is 9.81. The van der Waals surface area contributed by atoms with E-state index in [1.807, 2.05) is 9.80 Å². The van der Waals surface area contributed by atoms with Gasteiger partial charge in [-0.05, 0) is 42.6 Å². The molecule has 0 N–H and O–H groups in total. The third-order valence-corrected chi connectivity index (χ3v) is 9.98. The lowest BCUT2D eigenvalue weighted by molar-refractivity contribution is -0.133. The van der Waals surface area contributed by atoms with Crippen LogP contribution >= 0.6 is 11.6 Å². The molecule has 3 aliphatic heterocycles. The van der Waals surface area contributed by atoms with Crippen LogP contribution in [0.15, 0.2) is 77.0 Å². The maximum Gasteiger partial charge on any atom is 0.282 e. The van der Waals surface area contributed by atoms with E-state index in [0.717, 1.165) is 0 Å². The number of amides is 1. The Morgan fingerprint density at radius 2 is 1.92 bits per heavy atom. The first kappa shape index (κ1) is 34.2. The second-order valence-electron chi connectivity index (χ2n) is 12.6. The Labute approximate surface area is 286 Å². The van der Waals surface area contributed by atoms with Crippen molar-refractivity contribution in [1.82, 2.24) is 14.7 Å². The highest BCUT2D eigenvalue weighted by Crippen LogP contribution is 2.44. The number of aliphatic imine (C=N–C) groups is 1. The number of ether oxygens (including phenoxy) is 1. The monoisotopic (exact) mass is 692 g/mol. The van der Waals surface area contributed by atoms with Crippen molar-refractivity contribution in [2.24, 2.45) is 10.9 Å². The van der Waals surface area contributed by atoms with Gasteiger partial charge < -0.3 is 14.5 Å². The highest BCUT2D eigenvalue weighted by atomic mass is 35.5. The number of rotatable bonds is 7. The molecule has 49 heavy (non-hydrogen) atoms. The van der Waals surface area contributed by atoms with Crippen LogP contribution in [0.1, 0.15) is 24.8 Å². The molecule has 0 radical (unpaired) electrons. The smallest absolute Gasteiger partial charge is 0.282 e. The number of hydrogen-bond acceptors (Lipinski definition) is 7. The Morgan fingerprint density at radius 1 is 1.12 bits per heavy atom. The number of fused-ring (bicyclic) bond motifs is 2. The predicted octanol–water partition coefficient (Wildman–Crippen LogP) is 6.42. The number of piperazine rings is 1. The molecule has 2 aromatic carbocycles. The summed E-state index contributed by atoms with van der Waals surface area (Å²) in [6.45, 7) is 3.79. The van der Waals surface area contributed by atoms with E-state index in [0.29, 0.717) is 27.6 Å². The topological polar surface area (TPSA) is 96.0 Å². The minimum atomic E-state index is -1.14. The van der Waals surface area contributed by atoms with Crippen molar-refractivity contribution in [2.45, 2.75) is 43.6 Å². The van der Waals surface area contributed by atoms with Gasteiger partial charge >= 0.3 is 0 Å². The average molecular weight is 693 g/mol. The minimum absolute atomic E-state index is 0.0419. The summed E-state index contributed by atoms with van der Waals surface area (Å²) in [5.41, 5.74) is 1.46. The van der Waals surface area contributed by atoms with Gasteiger partial charge in [0, 0.05) is 60.4 Å². The van der Waals surface area contributed by atoms with Crippen LogP contribution in [0.4, 0.5) is 17.6 Å². The number of dihydropyridines is 1. The third kappa shape index (κ3) is 6.55. The lowest BCUT2D eigenvalue weighted by Gasteiger charge is -2.46. The van der Waals surface area contributed by atoms with Crippen molar-refractivity contribution in [2.75, 3.05) is 39.8 Å². The fraction of sp³-hybridized carbons (Fsp3) is 0.389. The Morgan fingerprint density at radius 3 is 2.61 bits per heavy atom. The molecule has 0 bridgehead atoms. The molecule has 8 nitrogen and oxygen atoms in total. The van der Waals surface area contributed by atoms with E-state index in [2.05, 4.69) is 18.7 Å². The van der Waals surface area contributed by atoms with Crippen LogP contribution in [0.3, 0.4) is 0 Å². The number of nitriles is 2. The number of carbonyl (C=O) groups excluding carboxylic acids is 1. The van der Waals surface area contributed by atoms with Crippen LogP contribution < -0.4 is 0 Å². The van der Waals surface area contributed by atoms with Gasteiger partial charge in [0.15, 0.2) is 5.83 Å². The van der Waals surface area contributed by atoms with E-state index in [4.69, 9.17) is 21.3 Å². The zero-order valence-corrected chi connectivity index (χ0v) is 27.4. The van der Waals surface area contributed by atoms with Gasteiger partial charge in [0.1, 0.15) is 24.4 Å². The molecule has 1 aliphatic carbocycles. The number of nitrogens with zero attached hydrogens (tertiary/aromatic N) is 6. The fourth-order valence-electron chi connectivity index (χ4n) is 7.27. The van der Waals surface area contributed by atoms with Crippen LogP contribution in [0.2, 0.25) is 5.02 Å². The average Bonchev–Trinajstić information content (AvgIpc) is 3.41. The largest absolute Gasteiger partial charge is 0.476 e. The Balaban J connectivity index is 1.44.